The molecule has 1 aromatic heterocycles. The molecule has 0 saturated carbocycles. The third kappa shape index (κ3) is 5.69. The molecule has 3 amide bonds. The number of benzene rings is 1. The zero-order valence-corrected chi connectivity index (χ0v) is 19.5. The number of rotatable bonds is 4. The highest BCUT2D eigenvalue weighted by atomic mass is 35.5. The molecule has 170 valence electrons. The molecule has 1 aliphatic rings. The van der Waals surface area contributed by atoms with Crippen LogP contribution in [0.4, 0.5) is 5.69 Å². The first-order valence-electron chi connectivity index (χ1n) is 10.1. The van der Waals surface area contributed by atoms with E-state index in [1.165, 1.54) is 31.1 Å². The molecule has 3 rings (SSSR count). The standard InChI is InChI=1S/C22H24Cl2N4O4/c1-13-10-19(25-12-18(13)24)32-15-6-8-28(9-7-15)21(30)16-11-14(4-5-17(16)23)26-20(29)22(31)27(2)3/h4-5,10-12,15H,6-9H2,1-3H3,(H,26,29). The van der Waals surface area contributed by atoms with Gasteiger partial charge >= 0.3 is 11.8 Å². The lowest BCUT2D eigenvalue weighted by molar-refractivity contribution is -0.141. The smallest absolute Gasteiger partial charge is 0.313 e. The number of anilines is 1. The highest BCUT2D eigenvalue weighted by molar-refractivity contribution is 6.39. The van der Waals surface area contributed by atoms with E-state index in [1.54, 1.807) is 23.2 Å². The molecule has 2 heterocycles. The van der Waals surface area contributed by atoms with Crippen LogP contribution in [0.25, 0.3) is 0 Å². The molecular weight excluding hydrogens is 455 g/mol. The second kappa shape index (κ2) is 10.2. The average Bonchev–Trinajstić information content (AvgIpc) is 2.77. The number of likely N-dealkylation sites (N-methyl/N-ethyl adjacent to an activating group) is 1. The molecule has 0 radical (unpaired) electrons. The van der Waals surface area contributed by atoms with E-state index in [2.05, 4.69) is 10.3 Å². The van der Waals surface area contributed by atoms with Gasteiger partial charge in [0.2, 0.25) is 5.88 Å². The van der Waals surface area contributed by atoms with E-state index in [9.17, 15) is 14.4 Å². The summed E-state index contributed by atoms with van der Waals surface area (Å²) in [4.78, 5) is 43.8. The fourth-order valence-corrected chi connectivity index (χ4v) is 3.55. The van der Waals surface area contributed by atoms with E-state index in [4.69, 9.17) is 27.9 Å². The number of likely N-dealkylation sites (tertiary alicyclic amines) is 1. The Morgan fingerprint density at radius 2 is 1.81 bits per heavy atom. The van der Waals surface area contributed by atoms with Crippen molar-refractivity contribution >= 4 is 46.6 Å². The minimum Gasteiger partial charge on any atom is -0.474 e. The first kappa shape index (κ1) is 23.8. The van der Waals surface area contributed by atoms with Crippen LogP contribution in [-0.2, 0) is 9.59 Å². The second-order valence-electron chi connectivity index (χ2n) is 7.73. The molecule has 10 heteroatoms. The maximum absolute atomic E-state index is 13.0. The van der Waals surface area contributed by atoms with Crippen molar-refractivity contribution < 1.29 is 19.1 Å². The van der Waals surface area contributed by atoms with E-state index >= 15 is 0 Å². The van der Waals surface area contributed by atoms with Crippen LogP contribution < -0.4 is 10.1 Å². The monoisotopic (exact) mass is 478 g/mol. The molecule has 32 heavy (non-hydrogen) atoms. The number of hydrogen-bond acceptors (Lipinski definition) is 5. The number of nitrogens with one attached hydrogen (secondary N) is 1. The Balaban J connectivity index is 1.62. The van der Waals surface area contributed by atoms with E-state index in [0.29, 0.717) is 42.5 Å². The minimum absolute atomic E-state index is 0.0646. The van der Waals surface area contributed by atoms with Crippen LogP contribution in [0.5, 0.6) is 5.88 Å². The Morgan fingerprint density at radius 3 is 2.44 bits per heavy atom. The van der Waals surface area contributed by atoms with Gasteiger partial charge in [0.25, 0.3) is 5.91 Å². The highest BCUT2D eigenvalue weighted by Crippen LogP contribution is 2.26. The van der Waals surface area contributed by atoms with E-state index < -0.39 is 11.8 Å². The van der Waals surface area contributed by atoms with Gasteiger partial charge in [-0.05, 0) is 30.7 Å². The van der Waals surface area contributed by atoms with Crippen LogP contribution in [0.15, 0.2) is 30.5 Å². The van der Waals surface area contributed by atoms with Crippen LogP contribution in [0.3, 0.4) is 0 Å². The number of aryl methyl sites for hydroxylation is 1. The van der Waals surface area contributed by atoms with Gasteiger partial charge in [0.15, 0.2) is 0 Å². The van der Waals surface area contributed by atoms with Gasteiger partial charge in [-0.1, -0.05) is 23.2 Å². The third-order valence-electron chi connectivity index (χ3n) is 5.09. The second-order valence-corrected chi connectivity index (χ2v) is 8.54. The first-order valence-corrected chi connectivity index (χ1v) is 10.8. The summed E-state index contributed by atoms with van der Waals surface area (Å²) in [5.41, 5.74) is 1.47. The van der Waals surface area contributed by atoms with Crippen molar-refractivity contribution in [1.29, 1.82) is 0 Å². The fraction of sp³-hybridized carbons (Fsp3) is 0.364. The maximum atomic E-state index is 13.0. The lowest BCUT2D eigenvalue weighted by Crippen LogP contribution is -2.42. The van der Waals surface area contributed by atoms with Crippen LogP contribution in [0.1, 0.15) is 28.8 Å². The summed E-state index contributed by atoms with van der Waals surface area (Å²) in [6.07, 6.45) is 2.77. The summed E-state index contributed by atoms with van der Waals surface area (Å²) < 4.78 is 5.94. The summed E-state index contributed by atoms with van der Waals surface area (Å²) in [5, 5.41) is 3.35. The van der Waals surface area contributed by atoms with E-state index in [0.717, 1.165) is 5.56 Å². The molecule has 1 N–H and O–H groups in total. The summed E-state index contributed by atoms with van der Waals surface area (Å²) in [5.74, 6) is -1.22. The quantitative estimate of drug-likeness (QED) is 0.679. The molecule has 8 nitrogen and oxygen atoms in total. The van der Waals surface area contributed by atoms with Gasteiger partial charge in [0, 0.05) is 58.0 Å². The Bertz CT molecular complexity index is 1040. The summed E-state index contributed by atoms with van der Waals surface area (Å²) in [6, 6.07) is 6.34. The molecule has 1 fully saturated rings. The molecule has 0 bridgehead atoms. The number of ether oxygens (including phenoxy) is 1. The van der Waals surface area contributed by atoms with Crippen LogP contribution in [-0.4, -0.2) is 65.8 Å². The van der Waals surface area contributed by atoms with Crippen molar-refractivity contribution in [1.82, 2.24) is 14.8 Å². The SMILES string of the molecule is Cc1cc(OC2CCN(C(=O)c3cc(NC(=O)C(=O)N(C)C)ccc3Cl)CC2)ncc1Cl. The lowest BCUT2D eigenvalue weighted by Gasteiger charge is -2.32. The predicted octanol–water partition coefficient (Wildman–Crippen LogP) is 3.41. The third-order valence-corrected chi connectivity index (χ3v) is 5.82. The van der Waals surface area contributed by atoms with Crippen molar-refractivity contribution in [2.24, 2.45) is 0 Å². The van der Waals surface area contributed by atoms with Gasteiger partial charge in [0.1, 0.15) is 6.10 Å². The van der Waals surface area contributed by atoms with Crippen LogP contribution >= 0.6 is 23.2 Å². The molecule has 1 aromatic carbocycles. The number of carbonyl (C=O) groups is 3. The van der Waals surface area contributed by atoms with Gasteiger partial charge in [-0.3, -0.25) is 14.4 Å². The molecule has 2 aromatic rings. The molecule has 0 spiro atoms. The van der Waals surface area contributed by atoms with Crippen molar-refractivity contribution in [3.05, 3.63) is 51.6 Å². The zero-order chi connectivity index (χ0) is 23.4. The Labute approximate surface area is 196 Å². The van der Waals surface area contributed by atoms with Crippen LogP contribution in [0.2, 0.25) is 10.0 Å². The molecule has 0 aliphatic carbocycles. The summed E-state index contributed by atoms with van der Waals surface area (Å²) in [7, 11) is 2.96. The molecule has 0 atom stereocenters. The Kier molecular flexibility index (Phi) is 7.58. The van der Waals surface area contributed by atoms with Crippen molar-refractivity contribution in [3.63, 3.8) is 0 Å². The number of pyridine rings is 1. The summed E-state index contributed by atoms with van der Waals surface area (Å²) >= 11 is 12.2. The number of carbonyl (C=O) groups excluding carboxylic acids is 3. The number of amides is 3. The number of hydrogen-bond donors (Lipinski definition) is 1. The van der Waals surface area contributed by atoms with Gasteiger partial charge < -0.3 is 19.9 Å². The normalized spacial score (nSPS) is 14.1. The average molecular weight is 479 g/mol. The first-order chi connectivity index (χ1) is 15.2. The van der Waals surface area contributed by atoms with Gasteiger partial charge in [0.05, 0.1) is 15.6 Å². The van der Waals surface area contributed by atoms with E-state index in [-0.39, 0.29) is 22.6 Å². The Morgan fingerprint density at radius 1 is 1.12 bits per heavy atom. The highest BCUT2D eigenvalue weighted by Gasteiger charge is 2.27. The summed E-state index contributed by atoms with van der Waals surface area (Å²) in [6.45, 7) is 2.86. The van der Waals surface area contributed by atoms with Crippen molar-refractivity contribution in [2.45, 2.75) is 25.9 Å². The minimum atomic E-state index is -0.792. The van der Waals surface area contributed by atoms with E-state index in [1.807, 2.05) is 6.92 Å². The van der Waals surface area contributed by atoms with Gasteiger partial charge in [-0.15, -0.1) is 0 Å². The zero-order valence-electron chi connectivity index (χ0n) is 18.0. The maximum Gasteiger partial charge on any atom is 0.313 e. The van der Waals surface area contributed by atoms with Crippen molar-refractivity contribution in [2.75, 3.05) is 32.5 Å². The fourth-order valence-electron chi connectivity index (χ4n) is 3.25. The molecule has 1 saturated heterocycles. The number of piperidine rings is 1. The van der Waals surface area contributed by atoms with Gasteiger partial charge in [-0.2, -0.15) is 0 Å². The van der Waals surface area contributed by atoms with Crippen molar-refractivity contribution in [3.8, 4) is 5.88 Å². The van der Waals surface area contributed by atoms with Crippen LogP contribution in [0, 0.1) is 6.92 Å². The Hall–Kier alpha value is -2.84. The number of halogens is 2. The molecular formula is C22H24Cl2N4O4. The number of aromatic nitrogens is 1. The largest absolute Gasteiger partial charge is 0.474 e. The molecule has 1 aliphatic heterocycles. The topological polar surface area (TPSA) is 91.8 Å². The molecule has 0 unspecified atom stereocenters. The predicted molar refractivity (Wildman–Crippen MR) is 122 cm³/mol. The van der Waals surface area contributed by atoms with Gasteiger partial charge in [-0.25, -0.2) is 4.98 Å². The number of nitrogens with zero attached hydrogens (tertiary/aromatic N) is 3. The lowest BCUT2D eigenvalue weighted by atomic mass is 10.1.